The molecule has 32 heavy (non-hydrogen) atoms. The van der Waals surface area contributed by atoms with Crippen LogP contribution in [0.2, 0.25) is 5.02 Å². The number of ether oxygens (including phenoxy) is 2. The van der Waals surface area contributed by atoms with Gasteiger partial charge in [-0.15, -0.1) is 0 Å². The second kappa shape index (κ2) is 9.30. The second-order valence-electron chi connectivity index (χ2n) is 8.10. The third-order valence-electron chi connectivity index (χ3n) is 5.81. The highest BCUT2D eigenvalue weighted by atomic mass is 35.5. The number of aromatic nitrogens is 1. The first kappa shape index (κ1) is 22.3. The standard InChI is InChI=1S/C22H23ClFN3O5/c23-16-3-2-15(7-17(16)24)32-12-19(29)26-18-10-22(8-14(18)9-22)27-21(30)13-1-4-20(25-11-13)31-6-5-28/h1-4,7,11,14,18,28H,5-6,8-10,12H2,(H,26,29)(H,27,30)/t14?,18-,22?/m0/s1. The normalized spacial score (nSPS) is 23.2. The molecule has 0 saturated heterocycles. The fourth-order valence-electron chi connectivity index (χ4n) is 4.33. The van der Waals surface area contributed by atoms with E-state index in [9.17, 15) is 14.0 Å². The maximum atomic E-state index is 13.5. The molecule has 10 heteroatoms. The number of rotatable bonds is 9. The molecule has 8 nitrogen and oxygen atoms in total. The maximum absolute atomic E-state index is 13.5. The predicted molar refractivity (Wildman–Crippen MR) is 113 cm³/mol. The molecular weight excluding hydrogens is 441 g/mol. The van der Waals surface area contributed by atoms with Crippen molar-refractivity contribution in [3.63, 3.8) is 0 Å². The van der Waals surface area contributed by atoms with Gasteiger partial charge in [-0.25, -0.2) is 9.37 Å². The van der Waals surface area contributed by atoms with E-state index in [0.717, 1.165) is 18.9 Å². The molecule has 1 heterocycles. The zero-order chi connectivity index (χ0) is 22.7. The lowest BCUT2D eigenvalue weighted by Gasteiger charge is -2.39. The van der Waals surface area contributed by atoms with Crippen LogP contribution in [0.3, 0.4) is 0 Å². The lowest BCUT2D eigenvalue weighted by atomic mass is 9.76. The summed E-state index contributed by atoms with van der Waals surface area (Å²) in [4.78, 5) is 28.9. The second-order valence-corrected chi connectivity index (χ2v) is 8.51. The molecule has 0 radical (unpaired) electrons. The largest absolute Gasteiger partial charge is 0.484 e. The van der Waals surface area contributed by atoms with Crippen molar-refractivity contribution < 1.29 is 28.6 Å². The van der Waals surface area contributed by atoms with Crippen molar-refractivity contribution in [2.24, 2.45) is 5.92 Å². The van der Waals surface area contributed by atoms with E-state index in [1.807, 2.05) is 0 Å². The van der Waals surface area contributed by atoms with Gasteiger partial charge in [0, 0.05) is 29.9 Å². The zero-order valence-corrected chi connectivity index (χ0v) is 17.9. The lowest BCUT2D eigenvalue weighted by Crippen LogP contribution is -2.51. The van der Waals surface area contributed by atoms with Gasteiger partial charge in [0.1, 0.15) is 18.2 Å². The van der Waals surface area contributed by atoms with Gasteiger partial charge >= 0.3 is 0 Å². The van der Waals surface area contributed by atoms with E-state index < -0.39 is 5.82 Å². The van der Waals surface area contributed by atoms with E-state index in [1.165, 1.54) is 18.3 Å². The van der Waals surface area contributed by atoms with E-state index in [0.29, 0.717) is 23.8 Å². The number of aliphatic hydroxyl groups excluding tert-OH is 1. The quantitative estimate of drug-likeness (QED) is 0.525. The summed E-state index contributed by atoms with van der Waals surface area (Å²) in [6.45, 7) is -0.213. The number of amides is 2. The van der Waals surface area contributed by atoms with Crippen LogP contribution in [-0.4, -0.2) is 53.3 Å². The number of nitrogens with one attached hydrogen (secondary N) is 2. The van der Waals surface area contributed by atoms with Crippen LogP contribution >= 0.6 is 11.6 Å². The fraction of sp³-hybridized carbons (Fsp3) is 0.409. The molecule has 1 aromatic carbocycles. The molecule has 1 aromatic heterocycles. The summed E-state index contributed by atoms with van der Waals surface area (Å²) >= 11 is 5.63. The van der Waals surface area contributed by atoms with Crippen LogP contribution < -0.4 is 20.1 Å². The van der Waals surface area contributed by atoms with Gasteiger partial charge in [-0.3, -0.25) is 9.59 Å². The highest BCUT2D eigenvalue weighted by molar-refractivity contribution is 6.30. The van der Waals surface area contributed by atoms with Crippen LogP contribution in [-0.2, 0) is 4.79 Å². The Labute approximate surface area is 189 Å². The smallest absolute Gasteiger partial charge is 0.258 e. The van der Waals surface area contributed by atoms with Crippen molar-refractivity contribution in [3.05, 3.63) is 52.9 Å². The lowest BCUT2D eigenvalue weighted by molar-refractivity contribution is -0.124. The Morgan fingerprint density at radius 3 is 2.72 bits per heavy atom. The highest BCUT2D eigenvalue weighted by Crippen LogP contribution is 2.52. The first-order chi connectivity index (χ1) is 15.4. The molecule has 2 amide bonds. The Hall–Kier alpha value is -2.91. The van der Waals surface area contributed by atoms with Crippen molar-refractivity contribution in [3.8, 4) is 11.6 Å². The van der Waals surface area contributed by atoms with Crippen LogP contribution in [0.15, 0.2) is 36.5 Å². The number of hydrogen-bond acceptors (Lipinski definition) is 6. The molecule has 3 aliphatic rings. The molecule has 3 aliphatic carbocycles. The third kappa shape index (κ3) is 4.94. The van der Waals surface area contributed by atoms with E-state index in [-0.39, 0.29) is 54.0 Å². The Kier molecular flexibility index (Phi) is 6.48. The molecule has 1 atom stereocenters. The van der Waals surface area contributed by atoms with Crippen molar-refractivity contribution in [2.75, 3.05) is 19.8 Å². The average Bonchev–Trinajstić information content (AvgIpc) is 3.26. The molecule has 3 N–H and O–H groups in total. The van der Waals surface area contributed by atoms with Crippen LogP contribution in [0, 0.1) is 11.7 Å². The van der Waals surface area contributed by atoms with Crippen LogP contribution in [0.1, 0.15) is 29.6 Å². The van der Waals surface area contributed by atoms with E-state index in [4.69, 9.17) is 26.2 Å². The van der Waals surface area contributed by atoms with Crippen LogP contribution in [0.5, 0.6) is 11.6 Å². The van der Waals surface area contributed by atoms with Crippen molar-refractivity contribution >= 4 is 23.4 Å². The van der Waals surface area contributed by atoms with Crippen molar-refractivity contribution in [1.29, 1.82) is 0 Å². The summed E-state index contributed by atoms with van der Waals surface area (Å²) in [5.41, 5.74) is 0.0709. The minimum absolute atomic E-state index is 0.0124. The van der Waals surface area contributed by atoms with Crippen molar-refractivity contribution in [1.82, 2.24) is 15.6 Å². The zero-order valence-electron chi connectivity index (χ0n) is 17.1. The summed E-state index contributed by atoms with van der Waals surface area (Å²) in [6.07, 6.45) is 3.64. The number of aliphatic hydroxyl groups is 1. The number of nitrogens with zero attached hydrogens (tertiary/aromatic N) is 1. The molecule has 2 aromatic rings. The predicted octanol–water partition coefficient (Wildman–Crippen LogP) is 2.09. The minimum Gasteiger partial charge on any atom is -0.484 e. The van der Waals surface area contributed by atoms with Gasteiger partial charge < -0.3 is 25.2 Å². The Balaban J connectivity index is 1.25. The minimum atomic E-state index is -0.610. The molecule has 3 saturated carbocycles. The molecule has 0 unspecified atom stereocenters. The molecule has 3 fully saturated rings. The average molecular weight is 464 g/mol. The molecular formula is C22H23ClFN3O5. The Morgan fingerprint density at radius 1 is 1.22 bits per heavy atom. The van der Waals surface area contributed by atoms with Crippen LogP contribution in [0.4, 0.5) is 4.39 Å². The summed E-state index contributed by atoms with van der Waals surface area (Å²) < 4.78 is 24.0. The Morgan fingerprint density at radius 2 is 2.03 bits per heavy atom. The summed E-state index contributed by atoms with van der Waals surface area (Å²) in [5, 5.41) is 14.8. The van der Waals surface area contributed by atoms with Gasteiger partial charge in [-0.05, 0) is 43.4 Å². The SMILES string of the molecule is O=C(COc1ccc(Cl)c(F)c1)N[C@H]1CC2(NC(=O)c3ccc(OCCO)nc3)CC1C2. The van der Waals surface area contributed by atoms with Gasteiger partial charge in [0.15, 0.2) is 6.61 Å². The topological polar surface area (TPSA) is 110 Å². The highest BCUT2D eigenvalue weighted by Gasteiger charge is 2.57. The fourth-order valence-corrected chi connectivity index (χ4v) is 4.45. The van der Waals surface area contributed by atoms with Gasteiger partial charge in [-0.1, -0.05) is 11.6 Å². The van der Waals surface area contributed by atoms with Crippen molar-refractivity contribution in [2.45, 2.75) is 30.8 Å². The van der Waals surface area contributed by atoms with Gasteiger partial charge in [-0.2, -0.15) is 0 Å². The van der Waals surface area contributed by atoms with E-state index in [2.05, 4.69) is 15.6 Å². The van der Waals surface area contributed by atoms with Gasteiger partial charge in [0.25, 0.3) is 11.8 Å². The monoisotopic (exact) mass is 463 g/mol. The maximum Gasteiger partial charge on any atom is 0.258 e. The molecule has 0 spiro atoms. The molecule has 170 valence electrons. The molecule has 0 aliphatic heterocycles. The van der Waals surface area contributed by atoms with E-state index >= 15 is 0 Å². The first-order valence-electron chi connectivity index (χ1n) is 10.3. The van der Waals surface area contributed by atoms with Gasteiger partial charge in [0.05, 0.1) is 17.2 Å². The summed E-state index contributed by atoms with van der Waals surface area (Å²) in [5.74, 6) is -0.291. The molecule has 5 rings (SSSR count). The summed E-state index contributed by atoms with van der Waals surface area (Å²) in [7, 11) is 0. The number of carbonyl (C=O) groups excluding carboxylic acids is 2. The van der Waals surface area contributed by atoms with E-state index in [1.54, 1.807) is 12.1 Å². The van der Waals surface area contributed by atoms with Gasteiger partial charge in [0.2, 0.25) is 5.88 Å². The Bertz CT molecular complexity index is 998. The number of halogens is 2. The number of carbonyl (C=O) groups is 2. The molecule has 2 bridgehead atoms. The first-order valence-corrected chi connectivity index (χ1v) is 10.6. The number of fused-ring (bicyclic) bond motifs is 1. The number of benzene rings is 1. The summed E-state index contributed by atoms with van der Waals surface area (Å²) in [6, 6.07) is 7.14. The third-order valence-corrected chi connectivity index (χ3v) is 6.12. The number of hydrogen-bond donors (Lipinski definition) is 3. The number of pyridine rings is 1. The van der Waals surface area contributed by atoms with Crippen LogP contribution in [0.25, 0.3) is 0 Å².